The van der Waals surface area contributed by atoms with Gasteiger partial charge in [0.25, 0.3) is 5.91 Å². The maximum Gasteiger partial charge on any atom is 0.325 e. The molecule has 2 unspecified atom stereocenters. The van der Waals surface area contributed by atoms with Crippen LogP contribution in [0, 0.1) is 0 Å². The molecule has 4 amide bonds. The molecule has 1 fully saturated rings. The molecular formula is C23H24ClN3O5. The largest absolute Gasteiger partial charge is 0.486 e. The van der Waals surface area contributed by atoms with Crippen LogP contribution in [0.1, 0.15) is 37.4 Å². The summed E-state index contributed by atoms with van der Waals surface area (Å²) >= 11 is 5.96. The number of fused-ring (bicyclic) bond motifs is 1. The standard InChI is InChI=1S/C23H24ClN3O5/c1-3-23(16-5-7-17(24)8-6-16)21(29)27(22(30)26-23)13-20(28)25-14(2)15-4-9-18-19(12-15)32-11-10-31-18/h4-9,12,14H,3,10-11,13H2,1-2H3,(H,25,28)(H,26,30). The maximum absolute atomic E-state index is 13.2. The zero-order valence-electron chi connectivity index (χ0n) is 17.8. The van der Waals surface area contributed by atoms with E-state index in [1.54, 1.807) is 37.3 Å². The lowest BCUT2D eigenvalue weighted by Crippen LogP contribution is -2.45. The number of hydrogen-bond acceptors (Lipinski definition) is 5. The summed E-state index contributed by atoms with van der Waals surface area (Å²) < 4.78 is 11.1. The number of benzene rings is 2. The molecule has 2 heterocycles. The van der Waals surface area contributed by atoms with Gasteiger partial charge in [-0.1, -0.05) is 36.7 Å². The quantitative estimate of drug-likeness (QED) is 0.649. The second kappa shape index (κ2) is 8.70. The summed E-state index contributed by atoms with van der Waals surface area (Å²) in [7, 11) is 0. The number of ether oxygens (including phenoxy) is 2. The van der Waals surface area contributed by atoms with Gasteiger partial charge in [-0.2, -0.15) is 0 Å². The molecule has 0 aliphatic carbocycles. The predicted molar refractivity (Wildman–Crippen MR) is 118 cm³/mol. The van der Waals surface area contributed by atoms with Crippen molar-refractivity contribution in [1.82, 2.24) is 15.5 Å². The smallest absolute Gasteiger partial charge is 0.325 e. The molecule has 2 N–H and O–H groups in total. The zero-order valence-corrected chi connectivity index (χ0v) is 18.6. The highest BCUT2D eigenvalue weighted by atomic mass is 35.5. The van der Waals surface area contributed by atoms with Crippen LogP contribution in [0.3, 0.4) is 0 Å². The van der Waals surface area contributed by atoms with E-state index in [1.165, 1.54) is 0 Å². The number of imide groups is 1. The Labute approximate surface area is 190 Å². The van der Waals surface area contributed by atoms with Crippen LogP contribution in [0.25, 0.3) is 0 Å². The average molecular weight is 458 g/mol. The Morgan fingerprint density at radius 1 is 1.16 bits per heavy atom. The number of nitrogens with zero attached hydrogens (tertiary/aromatic N) is 1. The van der Waals surface area contributed by atoms with Gasteiger partial charge in [0.1, 0.15) is 25.3 Å². The first kappa shape index (κ1) is 22.0. The van der Waals surface area contributed by atoms with E-state index < -0.39 is 23.4 Å². The Morgan fingerprint density at radius 3 is 2.53 bits per heavy atom. The van der Waals surface area contributed by atoms with Crippen LogP contribution in [-0.4, -0.2) is 42.5 Å². The van der Waals surface area contributed by atoms with Crippen molar-refractivity contribution >= 4 is 29.4 Å². The van der Waals surface area contributed by atoms with Crippen molar-refractivity contribution < 1.29 is 23.9 Å². The molecule has 9 heteroatoms. The summed E-state index contributed by atoms with van der Waals surface area (Å²) in [5.74, 6) is 0.379. The van der Waals surface area contributed by atoms with E-state index in [0.29, 0.717) is 41.7 Å². The van der Waals surface area contributed by atoms with E-state index in [0.717, 1.165) is 10.5 Å². The molecule has 1 saturated heterocycles. The molecule has 2 atom stereocenters. The first-order valence-corrected chi connectivity index (χ1v) is 10.8. The van der Waals surface area contributed by atoms with Crippen LogP contribution in [0.2, 0.25) is 5.02 Å². The lowest BCUT2D eigenvalue weighted by molar-refractivity contribution is -0.135. The van der Waals surface area contributed by atoms with Crippen LogP contribution in [0.5, 0.6) is 11.5 Å². The Bertz CT molecular complexity index is 1060. The van der Waals surface area contributed by atoms with Gasteiger partial charge >= 0.3 is 6.03 Å². The van der Waals surface area contributed by atoms with E-state index >= 15 is 0 Å². The van der Waals surface area contributed by atoms with Crippen molar-refractivity contribution in [3.05, 3.63) is 58.6 Å². The molecule has 2 aliphatic heterocycles. The summed E-state index contributed by atoms with van der Waals surface area (Å²) in [6.45, 7) is 4.21. The van der Waals surface area contributed by atoms with Crippen LogP contribution >= 0.6 is 11.6 Å². The molecule has 2 aromatic rings. The number of amides is 4. The maximum atomic E-state index is 13.2. The Kier molecular flexibility index (Phi) is 5.97. The van der Waals surface area contributed by atoms with Gasteiger partial charge in [-0.3, -0.25) is 14.5 Å². The van der Waals surface area contributed by atoms with Gasteiger partial charge in [0.15, 0.2) is 11.5 Å². The van der Waals surface area contributed by atoms with Gasteiger partial charge in [0.2, 0.25) is 5.91 Å². The molecule has 168 valence electrons. The van der Waals surface area contributed by atoms with Gasteiger partial charge in [0.05, 0.1) is 6.04 Å². The highest BCUT2D eigenvalue weighted by molar-refractivity contribution is 6.30. The average Bonchev–Trinajstić information content (AvgIpc) is 3.04. The molecule has 0 spiro atoms. The second-order valence-corrected chi connectivity index (χ2v) is 8.22. The van der Waals surface area contributed by atoms with E-state index in [1.807, 2.05) is 19.1 Å². The lowest BCUT2D eigenvalue weighted by atomic mass is 9.87. The van der Waals surface area contributed by atoms with E-state index in [4.69, 9.17) is 21.1 Å². The topological polar surface area (TPSA) is 97.0 Å². The number of halogens is 1. The minimum absolute atomic E-state index is 0.338. The van der Waals surface area contributed by atoms with Gasteiger partial charge in [0, 0.05) is 5.02 Å². The Hall–Kier alpha value is -3.26. The molecule has 0 saturated carbocycles. The number of urea groups is 1. The predicted octanol–water partition coefficient (Wildman–Crippen LogP) is 3.15. The monoisotopic (exact) mass is 457 g/mol. The fourth-order valence-electron chi connectivity index (χ4n) is 3.99. The van der Waals surface area contributed by atoms with Gasteiger partial charge in [-0.15, -0.1) is 0 Å². The molecule has 32 heavy (non-hydrogen) atoms. The molecule has 0 aromatic heterocycles. The third-order valence-electron chi connectivity index (χ3n) is 5.79. The highest BCUT2D eigenvalue weighted by Crippen LogP contribution is 2.34. The summed E-state index contributed by atoms with van der Waals surface area (Å²) in [4.78, 5) is 39.4. The van der Waals surface area contributed by atoms with Crippen LogP contribution in [-0.2, 0) is 15.1 Å². The first-order valence-electron chi connectivity index (χ1n) is 10.4. The van der Waals surface area contributed by atoms with Crippen molar-refractivity contribution in [2.45, 2.75) is 31.8 Å². The third kappa shape index (κ3) is 3.98. The Balaban J connectivity index is 1.45. The number of carbonyl (C=O) groups is 3. The van der Waals surface area contributed by atoms with E-state index in [9.17, 15) is 14.4 Å². The fraction of sp³-hybridized carbons (Fsp3) is 0.348. The summed E-state index contributed by atoms with van der Waals surface area (Å²) in [6, 6.07) is 11.2. The highest BCUT2D eigenvalue weighted by Gasteiger charge is 2.51. The molecule has 0 radical (unpaired) electrons. The van der Waals surface area contributed by atoms with Crippen molar-refractivity contribution in [3.63, 3.8) is 0 Å². The van der Waals surface area contributed by atoms with Crippen molar-refractivity contribution in [3.8, 4) is 11.5 Å². The number of carbonyl (C=O) groups excluding carboxylic acids is 3. The SMILES string of the molecule is CCC1(c2ccc(Cl)cc2)NC(=O)N(CC(=O)NC(C)c2ccc3c(c2)OCCO3)C1=O. The minimum Gasteiger partial charge on any atom is -0.486 e. The summed E-state index contributed by atoms with van der Waals surface area (Å²) in [5.41, 5.74) is 0.225. The number of hydrogen-bond donors (Lipinski definition) is 2. The molecule has 2 aliphatic rings. The van der Waals surface area contributed by atoms with Crippen molar-refractivity contribution in [1.29, 1.82) is 0 Å². The van der Waals surface area contributed by atoms with Crippen molar-refractivity contribution in [2.24, 2.45) is 0 Å². The zero-order chi connectivity index (χ0) is 22.9. The summed E-state index contributed by atoms with van der Waals surface area (Å²) in [6.07, 6.45) is 0.338. The molecule has 4 rings (SSSR count). The normalized spacial score (nSPS) is 20.7. The van der Waals surface area contributed by atoms with Crippen LogP contribution in [0.4, 0.5) is 4.79 Å². The minimum atomic E-state index is -1.22. The van der Waals surface area contributed by atoms with Gasteiger partial charge < -0.3 is 20.1 Å². The van der Waals surface area contributed by atoms with Gasteiger partial charge in [-0.25, -0.2) is 4.79 Å². The van der Waals surface area contributed by atoms with E-state index in [2.05, 4.69) is 10.6 Å². The van der Waals surface area contributed by atoms with Crippen molar-refractivity contribution in [2.75, 3.05) is 19.8 Å². The van der Waals surface area contributed by atoms with E-state index in [-0.39, 0.29) is 12.6 Å². The summed E-state index contributed by atoms with van der Waals surface area (Å²) in [5, 5.41) is 6.13. The van der Waals surface area contributed by atoms with Crippen LogP contribution < -0.4 is 20.1 Å². The number of nitrogens with one attached hydrogen (secondary N) is 2. The fourth-order valence-corrected chi connectivity index (χ4v) is 4.11. The molecule has 8 nitrogen and oxygen atoms in total. The molecule has 0 bridgehead atoms. The second-order valence-electron chi connectivity index (χ2n) is 7.78. The third-order valence-corrected chi connectivity index (χ3v) is 6.04. The number of rotatable bonds is 6. The lowest BCUT2D eigenvalue weighted by Gasteiger charge is -2.26. The Morgan fingerprint density at radius 2 is 1.84 bits per heavy atom. The molecule has 2 aromatic carbocycles. The molecular weight excluding hydrogens is 434 g/mol. The van der Waals surface area contributed by atoms with Gasteiger partial charge in [-0.05, 0) is 48.7 Å². The van der Waals surface area contributed by atoms with Crippen LogP contribution in [0.15, 0.2) is 42.5 Å². The first-order chi connectivity index (χ1) is 15.3.